The van der Waals surface area contributed by atoms with Crippen molar-refractivity contribution in [2.24, 2.45) is 0 Å². The molecule has 1 aromatic carbocycles. The van der Waals surface area contributed by atoms with Crippen LogP contribution in [-0.4, -0.2) is 26.0 Å². The highest BCUT2D eigenvalue weighted by atomic mass is 32.2. The predicted octanol–water partition coefficient (Wildman–Crippen LogP) is 3.20. The van der Waals surface area contributed by atoms with E-state index in [1.807, 2.05) is 11.8 Å². The molecule has 1 saturated carbocycles. The first-order chi connectivity index (χ1) is 9.59. The topological polar surface area (TPSA) is 46.2 Å². The lowest BCUT2D eigenvalue weighted by Gasteiger charge is -2.09. The summed E-state index contributed by atoms with van der Waals surface area (Å²) in [4.78, 5) is 1.33. The molecule has 0 saturated heterocycles. The van der Waals surface area contributed by atoms with Crippen molar-refractivity contribution >= 4 is 21.8 Å². The van der Waals surface area contributed by atoms with Crippen LogP contribution in [0.1, 0.15) is 38.2 Å². The summed E-state index contributed by atoms with van der Waals surface area (Å²) in [5.41, 5.74) is 1.18. The lowest BCUT2D eigenvalue weighted by atomic mass is 10.2. The minimum absolute atomic E-state index is 0.143. The summed E-state index contributed by atoms with van der Waals surface area (Å²) in [5.74, 6) is 0.143. The first-order valence-corrected chi connectivity index (χ1v) is 9.85. The molecule has 112 valence electrons. The van der Waals surface area contributed by atoms with Gasteiger partial charge in [-0.15, -0.1) is 11.8 Å². The van der Waals surface area contributed by atoms with E-state index >= 15 is 0 Å². The Hall–Kier alpha value is -0.520. The SMILES string of the molecule is CCS(=O)(=O)NCCc1ccc(SC2CCCC2)cc1. The molecule has 1 fully saturated rings. The molecule has 1 aliphatic carbocycles. The number of hydrogen-bond donors (Lipinski definition) is 1. The molecule has 1 aromatic rings. The van der Waals surface area contributed by atoms with Crippen molar-refractivity contribution in [2.45, 2.75) is 49.2 Å². The molecule has 0 atom stereocenters. The van der Waals surface area contributed by atoms with Gasteiger partial charge in [-0.3, -0.25) is 0 Å². The maximum Gasteiger partial charge on any atom is 0.211 e. The smallest absolute Gasteiger partial charge is 0.211 e. The first-order valence-electron chi connectivity index (χ1n) is 7.32. The van der Waals surface area contributed by atoms with E-state index in [1.165, 1.54) is 36.1 Å². The van der Waals surface area contributed by atoms with Crippen LogP contribution in [0.3, 0.4) is 0 Å². The van der Waals surface area contributed by atoms with Gasteiger partial charge in [0.25, 0.3) is 0 Å². The second kappa shape index (κ2) is 7.48. The van der Waals surface area contributed by atoms with Gasteiger partial charge in [0, 0.05) is 16.7 Å². The molecule has 0 aromatic heterocycles. The zero-order chi connectivity index (χ0) is 14.4. The Bertz CT molecular complexity index is 505. The highest BCUT2D eigenvalue weighted by molar-refractivity contribution is 8.00. The fraction of sp³-hybridized carbons (Fsp3) is 0.600. The number of hydrogen-bond acceptors (Lipinski definition) is 3. The van der Waals surface area contributed by atoms with Crippen molar-refractivity contribution in [3.8, 4) is 0 Å². The van der Waals surface area contributed by atoms with Crippen molar-refractivity contribution in [1.82, 2.24) is 4.72 Å². The molecular weight excluding hydrogens is 290 g/mol. The highest BCUT2D eigenvalue weighted by Gasteiger charge is 2.15. The third-order valence-corrected chi connectivity index (χ3v) is 6.40. The number of thioether (sulfide) groups is 1. The molecular formula is C15H23NO2S2. The Morgan fingerprint density at radius 1 is 1.20 bits per heavy atom. The summed E-state index contributed by atoms with van der Waals surface area (Å²) in [6.45, 7) is 2.13. The van der Waals surface area contributed by atoms with E-state index in [9.17, 15) is 8.42 Å². The second-order valence-corrected chi connectivity index (χ2v) is 8.69. The van der Waals surface area contributed by atoms with Gasteiger partial charge in [-0.05, 0) is 43.9 Å². The van der Waals surface area contributed by atoms with E-state index in [1.54, 1.807) is 6.92 Å². The molecule has 0 unspecified atom stereocenters. The van der Waals surface area contributed by atoms with E-state index in [0.29, 0.717) is 6.54 Å². The molecule has 2 rings (SSSR count). The van der Waals surface area contributed by atoms with Gasteiger partial charge in [-0.25, -0.2) is 13.1 Å². The van der Waals surface area contributed by atoms with E-state index in [2.05, 4.69) is 29.0 Å². The number of benzene rings is 1. The maximum absolute atomic E-state index is 11.3. The Balaban J connectivity index is 1.79. The van der Waals surface area contributed by atoms with E-state index in [-0.39, 0.29) is 5.75 Å². The molecule has 1 aliphatic rings. The molecule has 3 nitrogen and oxygen atoms in total. The fourth-order valence-electron chi connectivity index (χ4n) is 2.39. The third-order valence-electron chi connectivity index (χ3n) is 3.64. The van der Waals surface area contributed by atoms with Crippen LogP contribution in [0.5, 0.6) is 0 Å². The number of nitrogens with one attached hydrogen (secondary N) is 1. The molecule has 0 heterocycles. The second-order valence-electron chi connectivity index (χ2n) is 5.22. The van der Waals surface area contributed by atoms with E-state index < -0.39 is 10.0 Å². The minimum Gasteiger partial charge on any atom is -0.215 e. The average molecular weight is 313 g/mol. The van der Waals surface area contributed by atoms with Crippen LogP contribution in [-0.2, 0) is 16.4 Å². The van der Waals surface area contributed by atoms with Crippen LogP contribution in [0.4, 0.5) is 0 Å². The Morgan fingerprint density at radius 3 is 2.45 bits per heavy atom. The highest BCUT2D eigenvalue weighted by Crippen LogP contribution is 2.34. The summed E-state index contributed by atoms with van der Waals surface area (Å²) in [6, 6.07) is 8.54. The molecule has 0 bridgehead atoms. The van der Waals surface area contributed by atoms with Gasteiger partial charge in [-0.2, -0.15) is 0 Å². The van der Waals surface area contributed by atoms with E-state index in [4.69, 9.17) is 0 Å². The van der Waals surface area contributed by atoms with Crippen LogP contribution < -0.4 is 4.72 Å². The molecule has 5 heteroatoms. The van der Waals surface area contributed by atoms with Crippen molar-refractivity contribution in [1.29, 1.82) is 0 Å². The Labute approximate surface area is 126 Å². The van der Waals surface area contributed by atoms with Crippen molar-refractivity contribution < 1.29 is 8.42 Å². The lowest BCUT2D eigenvalue weighted by molar-refractivity contribution is 0.583. The summed E-state index contributed by atoms with van der Waals surface area (Å²) in [5, 5.41) is 0.789. The average Bonchev–Trinajstić information content (AvgIpc) is 2.94. The minimum atomic E-state index is -3.07. The summed E-state index contributed by atoms with van der Waals surface area (Å²) >= 11 is 1.98. The summed E-state index contributed by atoms with van der Waals surface area (Å²) < 4.78 is 25.2. The zero-order valence-corrected chi connectivity index (χ0v) is 13.6. The monoisotopic (exact) mass is 313 g/mol. The quantitative estimate of drug-likeness (QED) is 0.841. The van der Waals surface area contributed by atoms with E-state index in [0.717, 1.165) is 11.7 Å². The largest absolute Gasteiger partial charge is 0.215 e. The van der Waals surface area contributed by atoms with Crippen LogP contribution in [0.2, 0.25) is 0 Å². The molecule has 20 heavy (non-hydrogen) atoms. The zero-order valence-electron chi connectivity index (χ0n) is 12.0. The van der Waals surface area contributed by atoms with Gasteiger partial charge in [0.1, 0.15) is 0 Å². The lowest BCUT2D eigenvalue weighted by Crippen LogP contribution is -2.27. The predicted molar refractivity (Wildman–Crippen MR) is 85.7 cm³/mol. The molecule has 0 spiro atoms. The molecule has 1 N–H and O–H groups in total. The van der Waals surface area contributed by atoms with Gasteiger partial charge >= 0.3 is 0 Å². The van der Waals surface area contributed by atoms with Crippen molar-refractivity contribution in [3.05, 3.63) is 29.8 Å². The first kappa shape index (κ1) is 15.9. The van der Waals surface area contributed by atoms with Gasteiger partial charge in [0.2, 0.25) is 10.0 Å². The molecule has 0 amide bonds. The van der Waals surface area contributed by atoms with Crippen LogP contribution in [0.15, 0.2) is 29.2 Å². The maximum atomic E-state index is 11.3. The molecule has 0 radical (unpaired) electrons. The van der Waals surface area contributed by atoms with Gasteiger partial charge in [-0.1, -0.05) is 25.0 Å². The molecule has 0 aliphatic heterocycles. The van der Waals surface area contributed by atoms with Gasteiger partial charge in [0.15, 0.2) is 0 Å². The third kappa shape index (κ3) is 5.11. The van der Waals surface area contributed by atoms with Crippen molar-refractivity contribution in [3.63, 3.8) is 0 Å². The van der Waals surface area contributed by atoms with Crippen LogP contribution in [0.25, 0.3) is 0 Å². The van der Waals surface area contributed by atoms with Gasteiger partial charge in [0.05, 0.1) is 5.75 Å². The standard InChI is InChI=1S/C15H23NO2S2/c1-2-20(17,18)16-12-11-13-7-9-15(10-8-13)19-14-5-3-4-6-14/h7-10,14,16H,2-6,11-12H2,1H3. The summed E-state index contributed by atoms with van der Waals surface area (Å²) in [6.07, 6.45) is 6.16. The van der Waals surface area contributed by atoms with Crippen molar-refractivity contribution in [2.75, 3.05) is 12.3 Å². The van der Waals surface area contributed by atoms with Gasteiger partial charge < -0.3 is 0 Å². The normalized spacial score (nSPS) is 16.6. The fourth-order valence-corrected chi connectivity index (χ4v) is 4.25. The Kier molecular flexibility index (Phi) is 5.93. The van der Waals surface area contributed by atoms with Crippen LogP contribution in [0, 0.1) is 0 Å². The Morgan fingerprint density at radius 2 is 1.85 bits per heavy atom. The number of sulfonamides is 1. The van der Waals surface area contributed by atoms with Crippen LogP contribution >= 0.6 is 11.8 Å². The number of rotatable bonds is 7. The summed E-state index contributed by atoms with van der Waals surface area (Å²) in [7, 11) is -3.07.